The minimum Gasteiger partial charge on any atom is -0.325 e. The number of hydrogen-bond donors (Lipinski definition) is 2. The second kappa shape index (κ2) is 5.69. The maximum atomic E-state index is 12.3. The van der Waals surface area contributed by atoms with E-state index in [1.165, 1.54) is 0 Å². The molecule has 0 fully saturated rings. The van der Waals surface area contributed by atoms with Gasteiger partial charge in [0.05, 0.1) is 11.7 Å². The van der Waals surface area contributed by atoms with Gasteiger partial charge in [-0.15, -0.1) is 0 Å². The van der Waals surface area contributed by atoms with Gasteiger partial charge in [0, 0.05) is 11.1 Å². The van der Waals surface area contributed by atoms with Crippen LogP contribution in [0.5, 0.6) is 0 Å². The van der Waals surface area contributed by atoms with Crippen molar-refractivity contribution in [1.82, 2.24) is 10.2 Å². The van der Waals surface area contributed by atoms with E-state index in [1.807, 2.05) is 49.4 Å². The molecule has 1 atom stereocenters. The highest BCUT2D eigenvalue weighted by Gasteiger charge is 2.17. The highest BCUT2D eigenvalue weighted by molar-refractivity contribution is 9.09. The molecule has 1 amide bonds. The van der Waals surface area contributed by atoms with E-state index in [-0.39, 0.29) is 10.7 Å². The van der Waals surface area contributed by atoms with E-state index in [4.69, 9.17) is 0 Å². The minimum atomic E-state index is -0.377. The van der Waals surface area contributed by atoms with Crippen LogP contribution in [-0.2, 0) is 4.79 Å². The number of rotatable bonds is 3. The van der Waals surface area contributed by atoms with Crippen molar-refractivity contribution < 1.29 is 4.79 Å². The van der Waals surface area contributed by atoms with Crippen LogP contribution in [0.3, 0.4) is 0 Å². The number of aryl methyl sites for hydroxylation is 1. The van der Waals surface area contributed by atoms with Gasteiger partial charge in [-0.2, -0.15) is 5.10 Å². The summed E-state index contributed by atoms with van der Waals surface area (Å²) in [5.41, 5.74) is 3.77. The number of benzene rings is 2. The van der Waals surface area contributed by atoms with Crippen LogP contribution >= 0.6 is 15.9 Å². The lowest BCUT2D eigenvalue weighted by atomic mass is 10.1. The van der Waals surface area contributed by atoms with Gasteiger partial charge in [0.15, 0.2) is 0 Å². The Balaban J connectivity index is 1.78. The lowest BCUT2D eigenvalue weighted by molar-refractivity contribution is -0.115. The fourth-order valence-electron chi connectivity index (χ4n) is 2.21. The molecule has 106 valence electrons. The van der Waals surface area contributed by atoms with Crippen molar-refractivity contribution in [2.45, 2.75) is 11.8 Å². The second-order valence-corrected chi connectivity index (χ2v) is 5.85. The Morgan fingerprint density at radius 2 is 2.14 bits per heavy atom. The van der Waals surface area contributed by atoms with E-state index in [0.29, 0.717) is 0 Å². The number of nitrogens with zero attached hydrogens (tertiary/aromatic N) is 1. The molecule has 3 rings (SSSR count). The molecule has 3 aromatic rings. The smallest absolute Gasteiger partial charge is 0.242 e. The molecule has 0 spiro atoms. The van der Waals surface area contributed by atoms with Gasteiger partial charge in [-0.25, -0.2) is 0 Å². The molecule has 4 nitrogen and oxygen atoms in total. The van der Waals surface area contributed by atoms with Gasteiger partial charge in [-0.3, -0.25) is 9.89 Å². The van der Waals surface area contributed by atoms with Gasteiger partial charge >= 0.3 is 0 Å². The molecule has 0 aliphatic carbocycles. The zero-order chi connectivity index (χ0) is 14.8. The number of halogens is 1. The van der Waals surface area contributed by atoms with E-state index in [0.717, 1.165) is 27.7 Å². The number of fused-ring (bicyclic) bond motifs is 1. The second-order valence-electron chi connectivity index (χ2n) is 4.94. The number of alkyl halides is 1. The van der Waals surface area contributed by atoms with Gasteiger partial charge in [0.25, 0.3) is 0 Å². The Labute approximate surface area is 130 Å². The average Bonchev–Trinajstić information content (AvgIpc) is 2.94. The normalized spacial score (nSPS) is 12.3. The van der Waals surface area contributed by atoms with Crippen LogP contribution in [0.25, 0.3) is 10.9 Å². The largest absolute Gasteiger partial charge is 0.325 e. The molecule has 21 heavy (non-hydrogen) atoms. The van der Waals surface area contributed by atoms with Crippen molar-refractivity contribution in [3.63, 3.8) is 0 Å². The molecular weight excluding hydrogens is 330 g/mol. The lowest BCUT2D eigenvalue weighted by Gasteiger charge is -2.12. The number of nitrogens with one attached hydrogen (secondary N) is 2. The van der Waals surface area contributed by atoms with Crippen LogP contribution in [0.1, 0.15) is 16.0 Å². The van der Waals surface area contributed by atoms with Gasteiger partial charge in [-0.1, -0.05) is 45.8 Å². The summed E-state index contributed by atoms with van der Waals surface area (Å²) in [6.45, 7) is 2.01. The van der Waals surface area contributed by atoms with Crippen LogP contribution in [0.2, 0.25) is 0 Å². The predicted molar refractivity (Wildman–Crippen MR) is 87.6 cm³/mol. The third-order valence-corrected chi connectivity index (χ3v) is 4.22. The molecule has 1 heterocycles. The van der Waals surface area contributed by atoms with Gasteiger partial charge in [0.1, 0.15) is 4.83 Å². The van der Waals surface area contributed by atoms with E-state index in [9.17, 15) is 4.79 Å². The summed E-state index contributed by atoms with van der Waals surface area (Å²) >= 11 is 3.45. The SMILES string of the molecule is Cc1cccc(C(Br)C(=O)Nc2ccc3[nH]ncc3c2)c1. The van der Waals surface area contributed by atoms with Gasteiger partial charge in [-0.05, 0) is 30.7 Å². The minimum absolute atomic E-state index is 0.0940. The van der Waals surface area contributed by atoms with Crippen molar-refractivity contribution in [2.75, 3.05) is 5.32 Å². The summed E-state index contributed by atoms with van der Waals surface area (Å²) in [5, 5.41) is 10.7. The maximum Gasteiger partial charge on any atom is 0.242 e. The standard InChI is InChI=1S/C16H14BrN3O/c1-10-3-2-4-11(7-10)15(17)16(21)19-13-5-6-14-12(8-13)9-18-20-14/h2-9,15H,1H3,(H,18,20)(H,19,21). The van der Waals surface area contributed by atoms with Crippen molar-refractivity contribution in [3.05, 3.63) is 59.8 Å². The van der Waals surface area contributed by atoms with Crippen LogP contribution < -0.4 is 5.32 Å². The first-order valence-corrected chi connectivity index (χ1v) is 7.50. The van der Waals surface area contributed by atoms with E-state index in [2.05, 4.69) is 31.4 Å². The van der Waals surface area contributed by atoms with E-state index >= 15 is 0 Å². The fraction of sp³-hybridized carbons (Fsp3) is 0.125. The average molecular weight is 344 g/mol. The summed E-state index contributed by atoms with van der Waals surface area (Å²) in [6, 6.07) is 13.5. The summed E-state index contributed by atoms with van der Waals surface area (Å²) in [4.78, 5) is 11.9. The Kier molecular flexibility index (Phi) is 3.75. The third kappa shape index (κ3) is 2.97. The Bertz CT molecular complexity index is 797. The molecule has 0 radical (unpaired) electrons. The van der Waals surface area contributed by atoms with Crippen molar-refractivity contribution >= 4 is 38.4 Å². The molecule has 5 heteroatoms. The summed E-state index contributed by atoms with van der Waals surface area (Å²) in [5.74, 6) is -0.0940. The number of carbonyl (C=O) groups is 1. The summed E-state index contributed by atoms with van der Waals surface area (Å²) in [7, 11) is 0. The fourth-order valence-corrected chi connectivity index (χ4v) is 2.60. The van der Waals surface area contributed by atoms with Crippen LogP contribution in [-0.4, -0.2) is 16.1 Å². The first-order chi connectivity index (χ1) is 10.1. The van der Waals surface area contributed by atoms with Crippen LogP contribution in [0, 0.1) is 6.92 Å². The van der Waals surface area contributed by atoms with Gasteiger partial charge < -0.3 is 5.32 Å². The number of aromatic amines is 1. The highest BCUT2D eigenvalue weighted by Crippen LogP contribution is 2.26. The quantitative estimate of drug-likeness (QED) is 0.707. The Morgan fingerprint density at radius 1 is 1.29 bits per heavy atom. The number of carbonyl (C=O) groups excluding carboxylic acids is 1. The molecule has 0 bridgehead atoms. The number of H-pyrrole nitrogens is 1. The van der Waals surface area contributed by atoms with E-state index in [1.54, 1.807) is 6.20 Å². The van der Waals surface area contributed by atoms with Crippen LogP contribution in [0.4, 0.5) is 5.69 Å². The van der Waals surface area contributed by atoms with E-state index < -0.39 is 0 Å². The monoisotopic (exact) mass is 343 g/mol. The van der Waals surface area contributed by atoms with Crippen LogP contribution in [0.15, 0.2) is 48.7 Å². The zero-order valence-corrected chi connectivity index (χ0v) is 13.0. The summed E-state index contributed by atoms with van der Waals surface area (Å²) < 4.78 is 0. The third-order valence-electron chi connectivity index (χ3n) is 3.27. The van der Waals surface area contributed by atoms with Crippen molar-refractivity contribution in [1.29, 1.82) is 0 Å². The molecule has 2 aromatic carbocycles. The zero-order valence-electron chi connectivity index (χ0n) is 11.4. The number of hydrogen-bond acceptors (Lipinski definition) is 2. The summed E-state index contributed by atoms with van der Waals surface area (Å²) in [6.07, 6.45) is 1.73. The molecule has 0 saturated carbocycles. The molecule has 0 aliphatic heterocycles. The first-order valence-electron chi connectivity index (χ1n) is 6.58. The molecule has 0 aliphatic rings. The molecule has 0 saturated heterocycles. The highest BCUT2D eigenvalue weighted by atomic mass is 79.9. The molecule has 1 aromatic heterocycles. The molecular formula is C16H14BrN3O. The van der Waals surface area contributed by atoms with Crippen molar-refractivity contribution in [3.8, 4) is 0 Å². The predicted octanol–water partition coefficient (Wildman–Crippen LogP) is 3.95. The number of aromatic nitrogens is 2. The molecule has 1 unspecified atom stereocenters. The maximum absolute atomic E-state index is 12.3. The van der Waals surface area contributed by atoms with Crippen molar-refractivity contribution in [2.24, 2.45) is 0 Å². The lowest BCUT2D eigenvalue weighted by Crippen LogP contribution is -2.17. The number of amides is 1. The topological polar surface area (TPSA) is 57.8 Å². The van der Waals surface area contributed by atoms with Gasteiger partial charge in [0.2, 0.25) is 5.91 Å². The molecule has 2 N–H and O–H groups in total. The first kappa shape index (κ1) is 13.8. The Morgan fingerprint density at radius 3 is 2.95 bits per heavy atom. The number of anilines is 1. The Hall–Kier alpha value is -2.14.